The van der Waals surface area contributed by atoms with Crippen LogP contribution in [0.3, 0.4) is 0 Å². The Morgan fingerprint density at radius 3 is 2.13 bits per heavy atom. The predicted octanol–water partition coefficient (Wildman–Crippen LogP) is 4.63. The number of halogens is 3. The van der Waals surface area contributed by atoms with Crippen LogP contribution in [-0.4, -0.2) is 119 Å². The van der Waals surface area contributed by atoms with Gasteiger partial charge < -0.3 is 19.4 Å². The van der Waals surface area contributed by atoms with Crippen molar-refractivity contribution in [2.75, 3.05) is 55.6 Å². The van der Waals surface area contributed by atoms with Crippen molar-refractivity contribution in [3.63, 3.8) is 0 Å². The molecule has 61 heavy (non-hydrogen) atoms. The first kappa shape index (κ1) is 40.4. The van der Waals surface area contributed by atoms with E-state index >= 15 is 0 Å². The monoisotopic (exact) mass is 838 g/mol. The van der Waals surface area contributed by atoms with Crippen LogP contribution in [0.5, 0.6) is 5.88 Å². The van der Waals surface area contributed by atoms with E-state index < -0.39 is 53.1 Å². The average Bonchev–Trinajstić information content (AvgIpc) is 3.67. The molecular weight excluding hydrogens is 794 g/mol. The number of nitrogens with one attached hydrogen (secondary N) is 1. The van der Waals surface area contributed by atoms with E-state index in [0.29, 0.717) is 29.9 Å². The van der Waals surface area contributed by atoms with Crippen molar-refractivity contribution in [3.05, 3.63) is 82.5 Å². The molecule has 3 unspecified atom stereocenters. The molecule has 5 amide bonds. The van der Waals surface area contributed by atoms with Crippen LogP contribution < -0.4 is 19.9 Å². The number of alkyl halides is 3. The molecule has 318 valence electrons. The number of nitriles is 1. The minimum atomic E-state index is -4.70. The summed E-state index contributed by atoms with van der Waals surface area (Å²) in [5.41, 5.74) is 1.47. The van der Waals surface area contributed by atoms with Crippen LogP contribution in [0, 0.1) is 17.2 Å². The molecule has 3 atom stereocenters. The number of piperidine rings is 3. The van der Waals surface area contributed by atoms with Gasteiger partial charge in [0, 0.05) is 106 Å². The zero-order valence-corrected chi connectivity index (χ0v) is 33.4. The standard InChI is InChI=1S/C44H45F3N8O6/c45-44(46,47)36-22-39(49-24-28(36)23-48)61-33-19-31-5-6-32(20-33)54(31)41(58)27-1-3-29(4-2-27)53-17-15-51(16-18-53)25-26-11-13-52(14-12-26)30-7-8-34-35(21-30)43(60)55(42(34)59)37-9-10-38(56)50-40(37)57/h1-4,7-8,21-22,24,26,31-33,37H,5-6,9-20,25H2,(H,50,56,57). The summed E-state index contributed by atoms with van der Waals surface area (Å²) in [5, 5.41) is 11.3. The number of fused-ring (bicyclic) bond motifs is 3. The summed E-state index contributed by atoms with van der Waals surface area (Å²) >= 11 is 0. The molecule has 2 bridgehead atoms. The second-order valence-corrected chi connectivity index (χ2v) is 16.9. The molecule has 2 aromatic carbocycles. The van der Waals surface area contributed by atoms with Gasteiger partial charge in [-0.25, -0.2) is 4.98 Å². The summed E-state index contributed by atoms with van der Waals surface area (Å²) in [7, 11) is 0. The second-order valence-electron chi connectivity index (χ2n) is 16.9. The van der Waals surface area contributed by atoms with Gasteiger partial charge in [-0.3, -0.25) is 39.1 Å². The lowest BCUT2D eigenvalue weighted by molar-refractivity contribution is -0.138. The molecule has 7 heterocycles. The molecule has 1 N–H and O–H groups in total. The van der Waals surface area contributed by atoms with E-state index in [1.807, 2.05) is 35.2 Å². The number of carbonyl (C=O) groups is 5. The van der Waals surface area contributed by atoms with E-state index in [9.17, 15) is 37.1 Å². The molecule has 3 aromatic rings. The summed E-state index contributed by atoms with van der Waals surface area (Å²) in [6, 6.07) is 14.2. The lowest BCUT2D eigenvalue weighted by Crippen LogP contribution is -2.54. The number of rotatable bonds is 8. The van der Waals surface area contributed by atoms with Crippen LogP contribution in [0.2, 0.25) is 0 Å². The first-order valence-electron chi connectivity index (χ1n) is 21.0. The smallest absolute Gasteiger partial charge is 0.417 e. The zero-order valence-electron chi connectivity index (χ0n) is 33.4. The van der Waals surface area contributed by atoms with E-state index in [1.54, 1.807) is 12.1 Å². The highest BCUT2D eigenvalue weighted by Crippen LogP contribution is 2.40. The van der Waals surface area contributed by atoms with Crippen molar-refractivity contribution in [1.82, 2.24) is 25.0 Å². The molecule has 0 spiro atoms. The fourth-order valence-corrected chi connectivity index (χ4v) is 10.1. The molecule has 17 heteroatoms. The number of nitrogens with zero attached hydrogens (tertiary/aromatic N) is 7. The number of hydrogen-bond donors (Lipinski definition) is 1. The number of imide groups is 2. The Morgan fingerprint density at radius 1 is 0.820 bits per heavy atom. The minimum Gasteiger partial charge on any atom is -0.474 e. The van der Waals surface area contributed by atoms with Gasteiger partial charge in [-0.15, -0.1) is 0 Å². The van der Waals surface area contributed by atoms with Gasteiger partial charge in [-0.2, -0.15) is 18.4 Å². The largest absolute Gasteiger partial charge is 0.474 e. The fraction of sp³-hybridized carbons (Fsp3) is 0.477. The van der Waals surface area contributed by atoms with Crippen molar-refractivity contribution in [2.45, 2.75) is 81.8 Å². The normalized spacial score (nSPS) is 24.8. The Balaban J connectivity index is 0.731. The summed E-state index contributed by atoms with van der Waals surface area (Å²) < 4.78 is 46.4. The van der Waals surface area contributed by atoms with Crippen LogP contribution in [0.4, 0.5) is 24.5 Å². The van der Waals surface area contributed by atoms with Gasteiger partial charge in [-0.1, -0.05) is 0 Å². The van der Waals surface area contributed by atoms with Crippen molar-refractivity contribution < 1.29 is 41.9 Å². The quantitative estimate of drug-likeness (QED) is 0.316. The number of pyridine rings is 1. The predicted molar refractivity (Wildman–Crippen MR) is 214 cm³/mol. The number of carbonyl (C=O) groups excluding carboxylic acids is 5. The van der Waals surface area contributed by atoms with Crippen molar-refractivity contribution in [2.24, 2.45) is 5.92 Å². The van der Waals surface area contributed by atoms with Crippen molar-refractivity contribution >= 4 is 40.9 Å². The second kappa shape index (κ2) is 16.1. The van der Waals surface area contributed by atoms with Gasteiger partial charge in [0.05, 0.1) is 22.3 Å². The first-order valence-corrected chi connectivity index (χ1v) is 21.0. The van der Waals surface area contributed by atoms with Crippen LogP contribution >= 0.6 is 0 Å². The molecule has 1 aromatic heterocycles. The fourth-order valence-electron chi connectivity index (χ4n) is 10.1. The Morgan fingerprint density at radius 2 is 1.48 bits per heavy atom. The summed E-state index contributed by atoms with van der Waals surface area (Å²) in [4.78, 5) is 78.2. The van der Waals surface area contributed by atoms with E-state index in [1.165, 1.54) is 6.07 Å². The highest BCUT2D eigenvalue weighted by molar-refractivity contribution is 6.23. The third-order valence-electron chi connectivity index (χ3n) is 13.3. The molecule has 5 saturated heterocycles. The minimum absolute atomic E-state index is 0.0552. The number of anilines is 2. The van der Waals surface area contributed by atoms with E-state index in [4.69, 9.17) is 10.00 Å². The summed E-state index contributed by atoms with van der Waals surface area (Å²) in [5.74, 6) is -1.74. The van der Waals surface area contributed by atoms with Gasteiger partial charge >= 0.3 is 6.18 Å². The number of piperazine rings is 1. The lowest BCUT2D eigenvalue weighted by atomic mass is 9.95. The topological polar surface area (TPSA) is 159 Å². The molecule has 0 radical (unpaired) electrons. The Bertz CT molecular complexity index is 2290. The molecule has 0 aliphatic carbocycles. The summed E-state index contributed by atoms with van der Waals surface area (Å²) in [6.07, 6.45) is 0.536. The average molecular weight is 839 g/mol. The van der Waals surface area contributed by atoms with E-state index in [0.717, 1.165) is 100 Å². The molecular formula is C44H45F3N8O6. The molecule has 9 rings (SSSR count). The van der Waals surface area contributed by atoms with Crippen LogP contribution in [0.15, 0.2) is 54.7 Å². The van der Waals surface area contributed by atoms with Gasteiger partial charge in [0.15, 0.2) is 0 Å². The molecule has 14 nitrogen and oxygen atoms in total. The van der Waals surface area contributed by atoms with Crippen LogP contribution in [0.1, 0.15) is 93.6 Å². The lowest BCUT2D eigenvalue weighted by Gasteiger charge is -2.40. The highest BCUT2D eigenvalue weighted by Gasteiger charge is 2.46. The van der Waals surface area contributed by atoms with E-state index in [2.05, 4.69) is 25.0 Å². The Labute approximate surface area is 350 Å². The SMILES string of the molecule is N#Cc1cnc(OC2CC3CCC(C2)N3C(=O)c2ccc(N3CCN(CC4CCN(c5ccc6c(c5)C(=O)N(C5CCC(=O)NC5=O)C6=O)CC4)CC3)cc2)cc1C(F)(F)F. The third-order valence-corrected chi connectivity index (χ3v) is 13.3. The van der Waals surface area contributed by atoms with Crippen molar-refractivity contribution in [1.29, 1.82) is 5.26 Å². The first-order chi connectivity index (χ1) is 29.3. The van der Waals surface area contributed by atoms with Gasteiger partial charge in [-0.05, 0) is 80.5 Å². The number of benzene rings is 2. The maximum absolute atomic E-state index is 13.8. The third kappa shape index (κ3) is 7.89. The maximum Gasteiger partial charge on any atom is 0.417 e. The van der Waals surface area contributed by atoms with Crippen molar-refractivity contribution in [3.8, 4) is 11.9 Å². The molecule has 5 fully saturated rings. The Kier molecular flexibility index (Phi) is 10.7. The molecule has 0 saturated carbocycles. The van der Waals surface area contributed by atoms with Gasteiger partial charge in [0.1, 0.15) is 18.2 Å². The number of ether oxygens (including phenoxy) is 1. The zero-order chi connectivity index (χ0) is 42.6. The number of aromatic nitrogens is 1. The molecule has 6 aliphatic rings. The molecule has 6 aliphatic heterocycles. The Hall–Kier alpha value is -6.02. The van der Waals surface area contributed by atoms with E-state index in [-0.39, 0.29) is 42.3 Å². The van der Waals surface area contributed by atoms with Gasteiger partial charge in [0.2, 0.25) is 17.7 Å². The number of amides is 5. The number of hydrogen-bond acceptors (Lipinski definition) is 11. The summed E-state index contributed by atoms with van der Waals surface area (Å²) in [6.45, 7) is 6.20. The maximum atomic E-state index is 13.8. The van der Waals surface area contributed by atoms with Crippen LogP contribution in [0.25, 0.3) is 0 Å². The van der Waals surface area contributed by atoms with Crippen LogP contribution in [-0.2, 0) is 15.8 Å². The van der Waals surface area contributed by atoms with Gasteiger partial charge in [0.25, 0.3) is 17.7 Å². The highest BCUT2D eigenvalue weighted by atomic mass is 19.4.